The number of benzene rings is 3. The number of rotatable bonds is 4. The molecule has 0 unspecified atom stereocenters. The Balaban J connectivity index is 1.62. The van der Waals surface area contributed by atoms with Crippen molar-refractivity contribution in [3.63, 3.8) is 0 Å². The number of hydrogen-bond donors (Lipinski definition) is 1. The molecule has 0 aliphatic carbocycles. The van der Waals surface area contributed by atoms with Crippen LogP contribution in [0.3, 0.4) is 0 Å². The Bertz CT molecular complexity index is 1380. The number of nitrogens with one attached hydrogen (secondary N) is 1. The molecule has 3 aromatic carbocycles. The van der Waals surface area contributed by atoms with Gasteiger partial charge in [-0.15, -0.1) is 5.10 Å². The van der Waals surface area contributed by atoms with Crippen LogP contribution in [0.15, 0.2) is 72.8 Å². The van der Waals surface area contributed by atoms with E-state index in [1.165, 1.54) is 11.5 Å². The molecule has 30 heavy (non-hydrogen) atoms. The second-order valence-corrected chi connectivity index (χ2v) is 7.44. The van der Waals surface area contributed by atoms with Gasteiger partial charge in [-0.3, -0.25) is 4.79 Å². The SMILES string of the molecule is COc1ccc(NC(=O)c2cc(-c3cccc4nnsc34)nc3ccccc23)cc1. The molecule has 5 rings (SSSR count). The van der Waals surface area contributed by atoms with Gasteiger partial charge in [-0.05, 0) is 54.0 Å². The topological polar surface area (TPSA) is 77.0 Å². The molecule has 1 N–H and O–H groups in total. The molecule has 0 saturated carbocycles. The van der Waals surface area contributed by atoms with Crippen molar-refractivity contribution < 1.29 is 9.53 Å². The molecule has 146 valence electrons. The van der Waals surface area contributed by atoms with Gasteiger partial charge in [0.15, 0.2) is 0 Å². The van der Waals surface area contributed by atoms with E-state index in [0.717, 1.165) is 32.4 Å². The maximum absolute atomic E-state index is 13.2. The minimum atomic E-state index is -0.199. The van der Waals surface area contributed by atoms with Gasteiger partial charge in [0.05, 0.1) is 28.6 Å². The van der Waals surface area contributed by atoms with E-state index < -0.39 is 0 Å². The number of amides is 1. The molecule has 2 aromatic heterocycles. The van der Waals surface area contributed by atoms with Crippen LogP contribution in [0.1, 0.15) is 10.4 Å². The van der Waals surface area contributed by atoms with Crippen molar-refractivity contribution in [2.24, 2.45) is 0 Å². The zero-order chi connectivity index (χ0) is 20.5. The number of carbonyl (C=O) groups is 1. The van der Waals surface area contributed by atoms with E-state index >= 15 is 0 Å². The molecule has 0 aliphatic rings. The number of aromatic nitrogens is 3. The predicted molar refractivity (Wildman–Crippen MR) is 119 cm³/mol. The van der Waals surface area contributed by atoms with E-state index in [1.807, 2.05) is 72.8 Å². The monoisotopic (exact) mass is 412 g/mol. The Labute approximate surface area is 176 Å². The lowest BCUT2D eigenvalue weighted by atomic mass is 10.0. The third kappa shape index (κ3) is 3.25. The van der Waals surface area contributed by atoms with Gasteiger partial charge in [-0.2, -0.15) is 0 Å². The fourth-order valence-electron chi connectivity index (χ4n) is 3.38. The summed E-state index contributed by atoms with van der Waals surface area (Å²) in [4.78, 5) is 18.0. The van der Waals surface area contributed by atoms with E-state index in [1.54, 1.807) is 7.11 Å². The minimum absolute atomic E-state index is 0.199. The van der Waals surface area contributed by atoms with Crippen LogP contribution in [0.5, 0.6) is 5.75 Å². The number of hydrogen-bond acceptors (Lipinski definition) is 6. The maximum Gasteiger partial charge on any atom is 0.256 e. The van der Waals surface area contributed by atoms with Gasteiger partial charge in [-0.25, -0.2) is 4.98 Å². The second kappa shape index (κ2) is 7.53. The summed E-state index contributed by atoms with van der Waals surface area (Å²) in [5, 5.41) is 7.91. The van der Waals surface area contributed by atoms with Gasteiger partial charge in [0.1, 0.15) is 11.3 Å². The molecule has 2 heterocycles. The van der Waals surface area contributed by atoms with E-state index in [0.29, 0.717) is 16.9 Å². The molecule has 0 aliphatic heterocycles. The molecular weight excluding hydrogens is 396 g/mol. The van der Waals surface area contributed by atoms with Crippen LogP contribution in [0.2, 0.25) is 0 Å². The first-order valence-electron chi connectivity index (χ1n) is 9.29. The van der Waals surface area contributed by atoms with Crippen LogP contribution in [-0.4, -0.2) is 27.6 Å². The number of ether oxygens (including phenoxy) is 1. The summed E-state index contributed by atoms with van der Waals surface area (Å²) < 4.78 is 10.2. The largest absolute Gasteiger partial charge is 0.497 e. The smallest absolute Gasteiger partial charge is 0.256 e. The number of pyridine rings is 1. The highest BCUT2D eigenvalue weighted by molar-refractivity contribution is 7.13. The first-order chi connectivity index (χ1) is 14.7. The minimum Gasteiger partial charge on any atom is -0.497 e. The zero-order valence-electron chi connectivity index (χ0n) is 16.0. The lowest BCUT2D eigenvalue weighted by Gasteiger charge is -2.11. The van der Waals surface area contributed by atoms with E-state index in [9.17, 15) is 4.79 Å². The van der Waals surface area contributed by atoms with Crippen molar-refractivity contribution in [2.45, 2.75) is 0 Å². The van der Waals surface area contributed by atoms with Crippen molar-refractivity contribution in [1.82, 2.24) is 14.6 Å². The Hall–Kier alpha value is -3.84. The van der Waals surface area contributed by atoms with Crippen LogP contribution >= 0.6 is 11.5 Å². The first kappa shape index (κ1) is 18.2. The van der Waals surface area contributed by atoms with Crippen LogP contribution in [0.4, 0.5) is 5.69 Å². The molecule has 0 bridgehead atoms. The summed E-state index contributed by atoms with van der Waals surface area (Å²) in [5.74, 6) is 0.533. The maximum atomic E-state index is 13.2. The van der Waals surface area contributed by atoms with Gasteiger partial charge in [0.25, 0.3) is 5.91 Å². The Morgan fingerprint density at radius 3 is 2.60 bits per heavy atom. The van der Waals surface area contributed by atoms with Gasteiger partial charge >= 0.3 is 0 Å². The van der Waals surface area contributed by atoms with E-state index in [-0.39, 0.29) is 5.91 Å². The van der Waals surface area contributed by atoms with Crippen molar-refractivity contribution in [2.75, 3.05) is 12.4 Å². The molecule has 0 atom stereocenters. The number of fused-ring (bicyclic) bond motifs is 2. The summed E-state index contributed by atoms with van der Waals surface area (Å²) >= 11 is 1.32. The molecule has 0 fully saturated rings. The predicted octanol–water partition coefficient (Wildman–Crippen LogP) is 5.17. The summed E-state index contributed by atoms with van der Waals surface area (Å²) in [6.07, 6.45) is 0. The Morgan fingerprint density at radius 2 is 1.77 bits per heavy atom. The first-order valence-corrected chi connectivity index (χ1v) is 10.1. The van der Waals surface area contributed by atoms with E-state index in [4.69, 9.17) is 9.72 Å². The fourth-order valence-corrected chi connectivity index (χ4v) is 4.06. The average Bonchev–Trinajstić information content (AvgIpc) is 3.28. The fraction of sp³-hybridized carbons (Fsp3) is 0.0435. The van der Waals surface area contributed by atoms with Gasteiger partial charge in [0, 0.05) is 16.6 Å². The number of methoxy groups -OCH3 is 1. The summed E-state index contributed by atoms with van der Waals surface area (Å²) in [6, 6.07) is 22.5. The highest BCUT2D eigenvalue weighted by Gasteiger charge is 2.16. The van der Waals surface area contributed by atoms with Crippen molar-refractivity contribution in [1.29, 1.82) is 0 Å². The van der Waals surface area contributed by atoms with Crippen molar-refractivity contribution in [3.8, 4) is 17.0 Å². The number of nitrogens with zero attached hydrogens (tertiary/aromatic N) is 3. The zero-order valence-corrected chi connectivity index (χ0v) is 16.8. The normalized spacial score (nSPS) is 11.0. The lowest BCUT2D eigenvalue weighted by Crippen LogP contribution is -2.13. The summed E-state index contributed by atoms with van der Waals surface area (Å²) in [7, 11) is 1.61. The number of para-hydroxylation sites is 1. The van der Waals surface area contributed by atoms with Gasteiger partial charge in [0.2, 0.25) is 0 Å². The summed E-state index contributed by atoms with van der Waals surface area (Å²) in [5.41, 5.74) is 4.44. The molecule has 5 aromatic rings. The molecular formula is C23H16N4O2S. The summed E-state index contributed by atoms with van der Waals surface area (Å²) in [6.45, 7) is 0. The van der Waals surface area contributed by atoms with Crippen molar-refractivity contribution >= 4 is 44.2 Å². The molecule has 0 radical (unpaired) electrons. The third-order valence-electron chi connectivity index (χ3n) is 4.86. The van der Waals surface area contributed by atoms with Crippen LogP contribution < -0.4 is 10.1 Å². The van der Waals surface area contributed by atoms with Crippen LogP contribution in [-0.2, 0) is 0 Å². The quantitative estimate of drug-likeness (QED) is 0.441. The average molecular weight is 412 g/mol. The number of carbonyl (C=O) groups excluding carboxylic acids is 1. The highest BCUT2D eigenvalue weighted by Crippen LogP contribution is 2.32. The van der Waals surface area contributed by atoms with Gasteiger partial charge in [-0.1, -0.05) is 34.8 Å². The van der Waals surface area contributed by atoms with Crippen LogP contribution in [0.25, 0.3) is 32.4 Å². The Morgan fingerprint density at radius 1 is 0.967 bits per heavy atom. The standard InChI is InChI=1S/C23H16N4O2S/c1-29-15-11-9-14(10-12-15)24-23(28)18-13-21(25-19-7-3-2-5-16(18)19)17-6-4-8-20-22(17)30-27-26-20/h2-13H,1H3,(H,24,28). The van der Waals surface area contributed by atoms with E-state index in [2.05, 4.69) is 14.9 Å². The second-order valence-electron chi connectivity index (χ2n) is 6.68. The van der Waals surface area contributed by atoms with Crippen LogP contribution in [0, 0.1) is 0 Å². The molecule has 6 nitrogen and oxygen atoms in total. The Kier molecular flexibility index (Phi) is 4.57. The van der Waals surface area contributed by atoms with Gasteiger partial charge < -0.3 is 10.1 Å². The molecule has 0 saturated heterocycles. The number of anilines is 1. The molecule has 1 amide bonds. The lowest BCUT2D eigenvalue weighted by molar-refractivity contribution is 0.102. The van der Waals surface area contributed by atoms with Crippen molar-refractivity contribution in [3.05, 3.63) is 78.4 Å². The highest BCUT2D eigenvalue weighted by atomic mass is 32.1. The molecule has 7 heteroatoms. The molecule has 0 spiro atoms. The third-order valence-corrected chi connectivity index (χ3v) is 5.63.